The topological polar surface area (TPSA) is 164 Å². The molecule has 5 atom stereocenters. The molecule has 0 amide bonds. The highest BCUT2D eigenvalue weighted by Gasteiger charge is 2.49. The summed E-state index contributed by atoms with van der Waals surface area (Å²) in [7, 11) is -4.17. The Kier molecular flexibility index (Phi) is 8.41. The number of halogens is 1. The number of aliphatic hydroxyl groups excluding tert-OH is 1. The maximum Gasteiger partial charge on any atom is 0.459 e. The molecule has 1 aromatic carbocycles. The number of carbonyl (C=O) groups is 1. The van der Waals surface area contributed by atoms with Gasteiger partial charge in [-0.2, -0.15) is 5.09 Å². The minimum Gasteiger partial charge on any atom is -0.462 e. The molecule has 1 fully saturated rings. The first-order chi connectivity index (χ1) is 18.2. The van der Waals surface area contributed by atoms with Crippen LogP contribution in [0.3, 0.4) is 0 Å². The summed E-state index contributed by atoms with van der Waals surface area (Å²) >= 11 is 0. The lowest BCUT2D eigenvalue weighted by molar-refractivity contribution is -0.149. The second-order valence-electron chi connectivity index (χ2n) is 9.12. The number of nitrogens with zero attached hydrogens (tertiary/aromatic N) is 4. The number of hydrogen-bond acceptors (Lipinski definition) is 10. The lowest BCUT2D eigenvalue weighted by Crippen LogP contribution is -2.46. The number of hydrogen-bond donors (Lipinski definition) is 3. The monoisotopic (exact) mass is 548 g/mol. The molecule has 1 aliphatic carbocycles. The van der Waals surface area contributed by atoms with Crippen LogP contribution in [0.2, 0.25) is 0 Å². The third kappa shape index (κ3) is 5.70. The van der Waals surface area contributed by atoms with Crippen LogP contribution in [0.4, 0.5) is 10.2 Å². The average Bonchev–Trinajstić information content (AvgIpc) is 3.28. The minimum absolute atomic E-state index is 0.175. The number of ether oxygens (including phenoxy) is 1. The first-order valence-corrected chi connectivity index (χ1v) is 13.5. The molecule has 4 N–H and O–H groups in total. The molecule has 1 aliphatic rings. The molecule has 4 rings (SSSR count). The van der Waals surface area contributed by atoms with E-state index in [1.165, 1.54) is 19.6 Å². The molecular weight excluding hydrogens is 518 g/mol. The largest absolute Gasteiger partial charge is 0.462 e. The molecule has 0 radical (unpaired) electrons. The van der Waals surface area contributed by atoms with Crippen molar-refractivity contribution in [2.24, 2.45) is 11.8 Å². The van der Waals surface area contributed by atoms with Crippen LogP contribution in [0.15, 0.2) is 54.9 Å². The van der Waals surface area contributed by atoms with Gasteiger partial charge in [0, 0.05) is 18.4 Å². The molecule has 0 bridgehead atoms. The van der Waals surface area contributed by atoms with Crippen LogP contribution in [-0.2, 0) is 18.6 Å². The second-order valence-corrected chi connectivity index (χ2v) is 10.8. The predicted octanol–water partition coefficient (Wildman–Crippen LogP) is 3.17. The van der Waals surface area contributed by atoms with Gasteiger partial charge >= 0.3 is 13.7 Å². The molecule has 204 valence electrons. The number of imidazole rings is 1. The van der Waals surface area contributed by atoms with Gasteiger partial charge in [0.2, 0.25) is 0 Å². The number of nitrogens with two attached hydrogens (primary N) is 1. The van der Waals surface area contributed by atoms with E-state index < -0.39 is 37.6 Å². The van der Waals surface area contributed by atoms with Crippen LogP contribution < -0.4 is 15.3 Å². The molecule has 1 saturated carbocycles. The van der Waals surface area contributed by atoms with E-state index in [-0.39, 0.29) is 36.5 Å². The third-order valence-corrected chi connectivity index (χ3v) is 7.81. The SMILES string of the molecule is CC(C)OC(=O)C(C)NP(=O)(OC[C@H]1/C(=C\F)[C@@H](n2cnc3c(N)ncnc32)[C@@H]1CO)Oc1ccccc1. The Balaban J connectivity index is 1.54. The number of esters is 1. The number of aliphatic hydroxyl groups is 1. The van der Waals surface area contributed by atoms with Crippen LogP contribution in [0.25, 0.3) is 11.2 Å². The zero-order valence-corrected chi connectivity index (χ0v) is 22.0. The summed E-state index contributed by atoms with van der Waals surface area (Å²) in [5, 5.41) is 12.8. The Labute approximate surface area is 218 Å². The van der Waals surface area contributed by atoms with Crippen molar-refractivity contribution in [3.8, 4) is 5.75 Å². The molecule has 0 spiro atoms. The second kappa shape index (κ2) is 11.6. The Morgan fingerprint density at radius 1 is 1.26 bits per heavy atom. The molecular formula is C24H30FN6O6P. The van der Waals surface area contributed by atoms with Gasteiger partial charge in [0.05, 0.1) is 31.4 Å². The van der Waals surface area contributed by atoms with Crippen molar-refractivity contribution in [2.75, 3.05) is 18.9 Å². The summed E-state index contributed by atoms with van der Waals surface area (Å²) in [6.45, 7) is 4.25. The van der Waals surface area contributed by atoms with Crippen molar-refractivity contribution in [3.63, 3.8) is 0 Å². The van der Waals surface area contributed by atoms with Gasteiger partial charge in [0.1, 0.15) is 23.6 Å². The minimum atomic E-state index is -4.17. The smallest absolute Gasteiger partial charge is 0.459 e. The Bertz CT molecular complexity index is 1350. The van der Waals surface area contributed by atoms with Crippen LogP contribution in [0, 0.1) is 11.8 Å². The van der Waals surface area contributed by atoms with Crippen molar-refractivity contribution < 1.29 is 32.6 Å². The molecule has 0 saturated heterocycles. The molecule has 2 aromatic heterocycles. The van der Waals surface area contributed by atoms with E-state index in [1.807, 2.05) is 0 Å². The number of anilines is 1. The molecule has 38 heavy (non-hydrogen) atoms. The number of nitrogen functional groups attached to an aromatic ring is 1. The van der Waals surface area contributed by atoms with Crippen molar-refractivity contribution in [3.05, 3.63) is 54.9 Å². The lowest BCUT2D eigenvalue weighted by Gasteiger charge is -2.46. The van der Waals surface area contributed by atoms with Crippen LogP contribution in [0.5, 0.6) is 5.75 Å². The highest BCUT2D eigenvalue weighted by atomic mass is 31.2. The van der Waals surface area contributed by atoms with E-state index in [1.54, 1.807) is 48.7 Å². The summed E-state index contributed by atoms with van der Waals surface area (Å²) in [5.74, 6) is -1.41. The van der Waals surface area contributed by atoms with Gasteiger partial charge in [-0.05, 0) is 38.5 Å². The quantitative estimate of drug-likeness (QED) is 0.238. The molecule has 2 unspecified atom stereocenters. The van der Waals surface area contributed by atoms with E-state index in [4.69, 9.17) is 19.5 Å². The molecule has 0 aliphatic heterocycles. The number of para-hydroxylation sites is 1. The predicted molar refractivity (Wildman–Crippen MR) is 136 cm³/mol. The first-order valence-electron chi connectivity index (χ1n) is 12.0. The fraction of sp³-hybridized carbons (Fsp3) is 0.417. The van der Waals surface area contributed by atoms with Crippen LogP contribution >= 0.6 is 7.75 Å². The summed E-state index contributed by atoms with van der Waals surface area (Å²) in [6, 6.07) is 6.62. The Morgan fingerprint density at radius 3 is 2.66 bits per heavy atom. The molecule has 14 heteroatoms. The standard InChI is InChI=1S/C24H30FN6O6P/c1-14(2)36-24(33)15(3)30-38(34,37-16-7-5-4-6-8-16)35-11-19-17(9-25)21(18(19)10-32)31-13-29-20-22(26)27-12-28-23(20)31/h4-9,12-15,18-19,21,32H,10-11H2,1-3H3,(H,30,34)(H2,26,27,28)/b17-9+/t15?,18-,19+,21-,38?/m1/s1. The number of nitrogens with one attached hydrogen (secondary N) is 1. The summed E-state index contributed by atoms with van der Waals surface area (Å²) in [4.78, 5) is 24.7. The first kappa shape index (κ1) is 27.6. The van der Waals surface area contributed by atoms with Gasteiger partial charge in [-0.3, -0.25) is 9.32 Å². The number of benzene rings is 1. The fourth-order valence-corrected chi connectivity index (χ4v) is 5.88. The van der Waals surface area contributed by atoms with E-state index in [9.17, 15) is 18.9 Å². The summed E-state index contributed by atoms with van der Waals surface area (Å²) < 4.78 is 46.1. The van der Waals surface area contributed by atoms with E-state index >= 15 is 0 Å². The van der Waals surface area contributed by atoms with E-state index in [2.05, 4.69) is 20.0 Å². The van der Waals surface area contributed by atoms with Crippen molar-refractivity contribution >= 4 is 30.7 Å². The highest BCUT2D eigenvalue weighted by molar-refractivity contribution is 7.52. The zero-order valence-electron chi connectivity index (χ0n) is 21.1. The van der Waals surface area contributed by atoms with Crippen molar-refractivity contribution in [2.45, 2.75) is 39.0 Å². The molecule has 3 aromatic rings. The summed E-state index contributed by atoms with van der Waals surface area (Å²) in [5.41, 5.74) is 6.89. The Hall–Kier alpha value is -3.38. The van der Waals surface area contributed by atoms with Crippen LogP contribution in [0.1, 0.15) is 26.8 Å². The number of aromatic nitrogens is 4. The van der Waals surface area contributed by atoms with Gasteiger partial charge in [0.25, 0.3) is 0 Å². The highest BCUT2D eigenvalue weighted by Crippen LogP contribution is 2.53. The molecule has 12 nitrogen and oxygen atoms in total. The fourth-order valence-electron chi connectivity index (χ4n) is 4.36. The van der Waals surface area contributed by atoms with E-state index in [0.717, 1.165) is 0 Å². The van der Waals surface area contributed by atoms with Crippen LogP contribution in [-0.4, -0.2) is 56.0 Å². The van der Waals surface area contributed by atoms with Gasteiger partial charge in [-0.15, -0.1) is 0 Å². The third-order valence-electron chi connectivity index (χ3n) is 6.17. The van der Waals surface area contributed by atoms with Gasteiger partial charge in [-0.25, -0.2) is 23.9 Å². The maximum atomic E-state index is 14.2. The lowest BCUT2D eigenvalue weighted by atomic mass is 9.66. The maximum absolute atomic E-state index is 14.2. The molecule has 2 heterocycles. The zero-order chi connectivity index (χ0) is 27.4. The summed E-state index contributed by atoms with van der Waals surface area (Å²) in [6.07, 6.45) is 2.78. The van der Waals surface area contributed by atoms with E-state index in [0.29, 0.717) is 17.5 Å². The number of fused-ring (bicyclic) bond motifs is 1. The van der Waals surface area contributed by atoms with Gasteiger partial charge < -0.3 is 24.7 Å². The normalized spacial score (nSPS) is 22.7. The average molecular weight is 549 g/mol. The number of rotatable bonds is 11. The van der Waals surface area contributed by atoms with Crippen molar-refractivity contribution in [1.29, 1.82) is 0 Å². The van der Waals surface area contributed by atoms with Crippen molar-refractivity contribution in [1.82, 2.24) is 24.6 Å². The Morgan fingerprint density at radius 2 is 2.00 bits per heavy atom. The van der Waals surface area contributed by atoms with Gasteiger partial charge in [0.15, 0.2) is 11.5 Å². The van der Waals surface area contributed by atoms with Gasteiger partial charge in [-0.1, -0.05) is 18.2 Å². The number of carbonyl (C=O) groups excluding carboxylic acids is 1.